The number of benzene rings is 2. The molecule has 0 spiro atoms. The van der Waals surface area contributed by atoms with Crippen molar-refractivity contribution in [3.63, 3.8) is 0 Å². The molecule has 0 aliphatic rings. The van der Waals surface area contributed by atoms with E-state index in [4.69, 9.17) is 14.6 Å². The Bertz CT molecular complexity index is 915. The van der Waals surface area contributed by atoms with Crippen molar-refractivity contribution in [3.05, 3.63) is 65.2 Å². The first-order valence-corrected chi connectivity index (χ1v) is 10.6. The third-order valence-corrected chi connectivity index (χ3v) is 4.79. The molecule has 2 atom stereocenters. The summed E-state index contributed by atoms with van der Waals surface area (Å²) in [5.74, 6) is -0.761. The van der Waals surface area contributed by atoms with E-state index in [1.54, 1.807) is 44.2 Å². The average Bonchev–Trinajstić information content (AvgIpc) is 2.74. The number of carboxylic acids is 1. The standard InChI is InChI=1S/C24H28F3NO5/c1-3-32-21(23(30)31)15-18-7-9-20(10-8-18)33-16(2)13-22(29)28-12-11-17-5-4-6-19(14-17)24(25,26)27/h4-10,14,16,21H,3,11-13,15H2,1-2H3,(H,28,29)(H,30,31)/t16?,21-/m0/s1. The van der Waals surface area contributed by atoms with Crippen LogP contribution in [0.15, 0.2) is 48.5 Å². The van der Waals surface area contributed by atoms with Crippen LogP contribution in [0, 0.1) is 0 Å². The number of amides is 1. The molecule has 0 fully saturated rings. The lowest BCUT2D eigenvalue weighted by Crippen LogP contribution is -2.30. The average molecular weight is 467 g/mol. The quantitative estimate of drug-likeness (QED) is 0.488. The number of aliphatic carboxylic acids is 1. The zero-order valence-electron chi connectivity index (χ0n) is 18.5. The number of hydrogen-bond donors (Lipinski definition) is 2. The summed E-state index contributed by atoms with van der Waals surface area (Å²) in [4.78, 5) is 23.3. The van der Waals surface area contributed by atoms with Crippen LogP contribution in [0.1, 0.15) is 37.0 Å². The van der Waals surface area contributed by atoms with E-state index in [1.807, 2.05) is 0 Å². The third kappa shape index (κ3) is 9.13. The number of carbonyl (C=O) groups is 2. The van der Waals surface area contributed by atoms with Gasteiger partial charge < -0.3 is 19.9 Å². The van der Waals surface area contributed by atoms with Crippen molar-refractivity contribution < 1.29 is 37.3 Å². The van der Waals surface area contributed by atoms with Gasteiger partial charge in [-0.3, -0.25) is 4.79 Å². The first kappa shape index (κ1) is 26.2. The van der Waals surface area contributed by atoms with Crippen LogP contribution in [-0.4, -0.2) is 42.3 Å². The molecular weight excluding hydrogens is 439 g/mol. The van der Waals surface area contributed by atoms with Gasteiger partial charge in [-0.05, 0) is 49.6 Å². The number of carboxylic acid groups (broad SMARTS) is 1. The van der Waals surface area contributed by atoms with Crippen molar-refractivity contribution >= 4 is 11.9 Å². The highest BCUT2D eigenvalue weighted by molar-refractivity contribution is 5.76. The van der Waals surface area contributed by atoms with Gasteiger partial charge in [0.1, 0.15) is 11.9 Å². The van der Waals surface area contributed by atoms with Crippen molar-refractivity contribution in [2.45, 2.75) is 51.5 Å². The summed E-state index contributed by atoms with van der Waals surface area (Å²) >= 11 is 0. The van der Waals surface area contributed by atoms with Gasteiger partial charge in [0.15, 0.2) is 6.10 Å². The Morgan fingerprint density at radius 1 is 1.09 bits per heavy atom. The minimum atomic E-state index is -4.40. The molecule has 180 valence electrons. The number of halogens is 3. The zero-order chi connectivity index (χ0) is 24.4. The monoisotopic (exact) mass is 467 g/mol. The van der Waals surface area contributed by atoms with E-state index in [0.29, 0.717) is 17.9 Å². The highest BCUT2D eigenvalue weighted by Gasteiger charge is 2.30. The summed E-state index contributed by atoms with van der Waals surface area (Å²) in [6.07, 6.45) is -5.15. The first-order chi connectivity index (χ1) is 15.6. The van der Waals surface area contributed by atoms with Crippen LogP contribution >= 0.6 is 0 Å². The van der Waals surface area contributed by atoms with Crippen LogP contribution < -0.4 is 10.1 Å². The van der Waals surface area contributed by atoms with Gasteiger partial charge in [-0.15, -0.1) is 0 Å². The van der Waals surface area contributed by atoms with Gasteiger partial charge in [-0.25, -0.2) is 4.79 Å². The molecule has 2 aromatic rings. The topological polar surface area (TPSA) is 84.9 Å². The molecule has 9 heteroatoms. The number of ether oxygens (including phenoxy) is 2. The number of carbonyl (C=O) groups excluding carboxylic acids is 1. The van der Waals surface area contributed by atoms with E-state index >= 15 is 0 Å². The second-order valence-electron chi connectivity index (χ2n) is 7.56. The fourth-order valence-electron chi connectivity index (χ4n) is 3.19. The largest absolute Gasteiger partial charge is 0.490 e. The smallest absolute Gasteiger partial charge is 0.416 e. The Balaban J connectivity index is 1.77. The lowest BCUT2D eigenvalue weighted by molar-refractivity contribution is -0.150. The van der Waals surface area contributed by atoms with Crippen LogP contribution in [0.25, 0.3) is 0 Å². The third-order valence-electron chi connectivity index (χ3n) is 4.79. The van der Waals surface area contributed by atoms with E-state index in [2.05, 4.69) is 5.32 Å². The highest BCUT2D eigenvalue weighted by Crippen LogP contribution is 2.29. The molecule has 0 saturated heterocycles. The predicted octanol–water partition coefficient (Wildman–Crippen LogP) is 4.25. The number of nitrogens with one attached hydrogen (secondary N) is 1. The van der Waals surface area contributed by atoms with Crippen molar-refractivity contribution in [2.75, 3.05) is 13.2 Å². The van der Waals surface area contributed by atoms with Crippen LogP contribution in [0.5, 0.6) is 5.75 Å². The van der Waals surface area contributed by atoms with Gasteiger partial charge in [0.2, 0.25) is 5.91 Å². The zero-order valence-corrected chi connectivity index (χ0v) is 18.5. The molecule has 2 rings (SSSR count). The summed E-state index contributed by atoms with van der Waals surface area (Å²) in [6.45, 7) is 3.98. The van der Waals surface area contributed by atoms with Gasteiger partial charge >= 0.3 is 12.1 Å². The predicted molar refractivity (Wildman–Crippen MR) is 116 cm³/mol. The second kappa shape index (κ2) is 12.2. The normalized spacial score (nSPS) is 13.2. The van der Waals surface area contributed by atoms with E-state index in [-0.39, 0.29) is 31.7 Å². The Labute approximate surface area is 190 Å². The molecule has 0 bridgehead atoms. The van der Waals surface area contributed by atoms with E-state index in [1.165, 1.54) is 6.07 Å². The maximum Gasteiger partial charge on any atom is 0.416 e. The first-order valence-electron chi connectivity index (χ1n) is 10.6. The molecule has 0 aromatic heterocycles. The summed E-state index contributed by atoms with van der Waals surface area (Å²) in [7, 11) is 0. The molecule has 1 amide bonds. The fraction of sp³-hybridized carbons (Fsp3) is 0.417. The van der Waals surface area contributed by atoms with Gasteiger partial charge in [-0.2, -0.15) is 13.2 Å². The SMILES string of the molecule is CCO[C@@H](Cc1ccc(OC(C)CC(=O)NCCc2cccc(C(F)(F)F)c2)cc1)C(=O)O. The molecular formula is C24H28F3NO5. The summed E-state index contributed by atoms with van der Waals surface area (Å²) in [5.41, 5.74) is 0.558. The summed E-state index contributed by atoms with van der Waals surface area (Å²) < 4.78 is 49.2. The highest BCUT2D eigenvalue weighted by atomic mass is 19.4. The van der Waals surface area contributed by atoms with Crippen molar-refractivity contribution in [1.29, 1.82) is 0 Å². The Hall–Kier alpha value is -3.07. The minimum absolute atomic E-state index is 0.0791. The molecule has 0 radical (unpaired) electrons. The fourth-order valence-corrected chi connectivity index (χ4v) is 3.19. The molecule has 0 heterocycles. The second-order valence-corrected chi connectivity index (χ2v) is 7.56. The van der Waals surface area contributed by atoms with E-state index in [0.717, 1.165) is 17.7 Å². The number of rotatable bonds is 12. The van der Waals surface area contributed by atoms with Crippen LogP contribution in [-0.2, 0) is 33.3 Å². The van der Waals surface area contributed by atoms with Crippen LogP contribution in [0.2, 0.25) is 0 Å². The molecule has 33 heavy (non-hydrogen) atoms. The maximum atomic E-state index is 12.8. The summed E-state index contributed by atoms with van der Waals surface area (Å²) in [6, 6.07) is 11.9. The molecule has 0 saturated carbocycles. The van der Waals surface area contributed by atoms with Crippen LogP contribution in [0.3, 0.4) is 0 Å². The molecule has 1 unspecified atom stereocenters. The molecule has 0 aliphatic carbocycles. The minimum Gasteiger partial charge on any atom is -0.490 e. The number of hydrogen-bond acceptors (Lipinski definition) is 4. The van der Waals surface area contributed by atoms with E-state index < -0.39 is 29.9 Å². The van der Waals surface area contributed by atoms with Crippen molar-refractivity contribution in [2.24, 2.45) is 0 Å². The van der Waals surface area contributed by atoms with Crippen molar-refractivity contribution in [1.82, 2.24) is 5.32 Å². The lowest BCUT2D eigenvalue weighted by Gasteiger charge is -2.16. The molecule has 2 aromatic carbocycles. The van der Waals surface area contributed by atoms with E-state index in [9.17, 15) is 22.8 Å². The number of alkyl halides is 3. The molecule has 2 N–H and O–H groups in total. The summed E-state index contributed by atoms with van der Waals surface area (Å²) in [5, 5.41) is 11.9. The van der Waals surface area contributed by atoms with Gasteiger partial charge in [0, 0.05) is 19.6 Å². The Morgan fingerprint density at radius 2 is 1.79 bits per heavy atom. The lowest BCUT2D eigenvalue weighted by atomic mass is 10.1. The maximum absolute atomic E-state index is 12.8. The van der Waals surface area contributed by atoms with Gasteiger partial charge in [0.05, 0.1) is 12.0 Å². The van der Waals surface area contributed by atoms with Crippen molar-refractivity contribution in [3.8, 4) is 5.75 Å². The van der Waals surface area contributed by atoms with Gasteiger partial charge in [0.25, 0.3) is 0 Å². The van der Waals surface area contributed by atoms with Crippen LogP contribution in [0.4, 0.5) is 13.2 Å². The Morgan fingerprint density at radius 3 is 2.39 bits per heavy atom. The molecule has 6 nitrogen and oxygen atoms in total. The van der Waals surface area contributed by atoms with Gasteiger partial charge in [-0.1, -0.05) is 30.3 Å². The molecule has 0 aliphatic heterocycles. The Kier molecular flexibility index (Phi) is 9.72.